The van der Waals surface area contributed by atoms with Crippen LogP contribution in [0.25, 0.3) is 0 Å². The Morgan fingerprint density at radius 1 is 1.42 bits per heavy atom. The van der Waals surface area contributed by atoms with Crippen LogP contribution >= 0.6 is 24.0 Å². The van der Waals surface area contributed by atoms with E-state index in [-0.39, 0.29) is 30.1 Å². The molecule has 0 amide bonds. The fourth-order valence-corrected chi connectivity index (χ4v) is 4.69. The van der Waals surface area contributed by atoms with Crippen LogP contribution < -0.4 is 10.6 Å². The first-order valence-electron chi connectivity index (χ1n) is 8.76. The number of rotatable bonds is 5. The fraction of sp³-hybridized carbons (Fsp3) is 0.938. The van der Waals surface area contributed by atoms with Gasteiger partial charge in [-0.1, -0.05) is 13.3 Å². The number of guanidine groups is 1. The highest BCUT2D eigenvalue weighted by atomic mass is 127. The van der Waals surface area contributed by atoms with Gasteiger partial charge in [-0.15, -0.1) is 24.0 Å². The summed E-state index contributed by atoms with van der Waals surface area (Å²) < 4.78 is 17.8. The topological polar surface area (TPSA) is 66.0 Å². The van der Waals surface area contributed by atoms with Gasteiger partial charge in [-0.2, -0.15) is 0 Å². The van der Waals surface area contributed by atoms with Gasteiger partial charge in [0, 0.05) is 54.5 Å². The number of hydrogen-bond acceptors (Lipinski definition) is 4. The maximum atomic E-state index is 12.0. The minimum atomic E-state index is -0.688. The number of morpholine rings is 1. The first-order chi connectivity index (χ1) is 11.1. The van der Waals surface area contributed by atoms with Crippen LogP contribution in [0.5, 0.6) is 0 Å². The zero-order valence-electron chi connectivity index (χ0n) is 15.1. The van der Waals surface area contributed by atoms with Crippen molar-refractivity contribution < 1.29 is 8.95 Å². The molecule has 2 aliphatic rings. The quantitative estimate of drug-likeness (QED) is 0.358. The van der Waals surface area contributed by atoms with Gasteiger partial charge in [0.2, 0.25) is 0 Å². The fourth-order valence-electron chi connectivity index (χ4n) is 3.34. The summed E-state index contributed by atoms with van der Waals surface area (Å²) in [5.74, 6) is 1.59. The zero-order chi connectivity index (χ0) is 16.7. The van der Waals surface area contributed by atoms with E-state index >= 15 is 0 Å². The van der Waals surface area contributed by atoms with Crippen LogP contribution in [0.4, 0.5) is 0 Å². The van der Waals surface area contributed by atoms with Gasteiger partial charge in [0.1, 0.15) is 0 Å². The summed E-state index contributed by atoms with van der Waals surface area (Å²) in [5.41, 5.74) is 0. The third-order valence-electron chi connectivity index (χ3n) is 4.69. The summed E-state index contributed by atoms with van der Waals surface area (Å²) in [4.78, 5) is 6.61. The maximum Gasteiger partial charge on any atom is 0.191 e. The van der Waals surface area contributed by atoms with Gasteiger partial charge in [0.25, 0.3) is 0 Å². The number of aliphatic imine (C=N–C) groups is 1. The molecular formula is C16H33IN4O2S. The Bertz CT molecular complexity index is 425. The molecule has 142 valence electrons. The van der Waals surface area contributed by atoms with Crippen LogP contribution in [-0.2, 0) is 15.5 Å². The Hall–Kier alpha value is 0.0700. The monoisotopic (exact) mass is 472 g/mol. The summed E-state index contributed by atoms with van der Waals surface area (Å²) in [6.45, 7) is 5.52. The van der Waals surface area contributed by atoms with Crippen LogP contribution in [0.15, 0.2) is 4.99 Å². The summed E-state index contributed by atoms with van der Waals surface area (Å²) >= 11 is 0. The zero-order valence-corrected chi connectivity index (χ0v) is 18.3. The number of halogens is 1. The van der Waals surface area contributed by atoms with Crippen molar-refractivity contribution in [2.75, 3.05) is 46.1 Å². The molecule has 2 N–H and O–H groups in total. The average molecular weight is 472 g/mol. The third kappa shape index (κ3) is 7.13. The van der Waals surface area contributed by atoms with Crippen molar-refractivity contribution in [2.24, 2.45) is 4.99 Å². The third-order valence-corrected chi connectivity index (χ3v) is 6.43. The summed E-state index contributed by atoms with van der Waals surface area (Å²) in [7, 11) is 3.23. The largest absolute Gasteiger partial charge is 0.374 e. The first-order valence-corrected chi connectivity index (χ1v) is 10.1. The van der Waals surface area contributed by atoms with E-state index in [2.05, 4.69) is 27.6 Å². The molecule has 1 heterocycles. The van der Waals surface area contributed by atoms with Crippen molar-refractivity contribution in [1.29, 1.82) is 0 Å². The minimum absolute atomic E-state index is 0. The molecule has 4 unspecified atom stereocenters. The van der Waals surface area contributed by atoms with Crippen molar-refractivity contribution in [3.63, 3.8) is 0 Å². The van der Waals surface area contributed by atoms with E-state index in [1.165, 1.54) is 0 Å². The molecule has 0 aromatic carbocycles. The molecule has 1 aliphatic heterocycles. The van der Waals surface area contributed by atoms with Crippen LogP contribution in [-0.4, -0.2) is 78.6 Å². The normalized spacial score (nSPS) is 30.3. The Kier molecular flexibility index (Phi) is 10.7. The van der Waals surface area contributed by atoms with Gasteiger partial charge in [-0.25, -0.2) is 0 Å². The molecule has 0 radical (unpaired) electrons. The average Bonchev–Trinajstić information content (AvgIpc) is 2.58. The molecule has 0 bridgehead atoms. The highest BCUT2D eigenvalue weighted by molar-refractivity contribution is 14.0. The van der Waals surface area contributed by atoms with E-state index < -0.39 is 10.8 Å². The molecule has 0 aromatic rings. The highest BCUT2D eigenvalue weighted by Gasteiger charge is 2.26. The van der Waals surface area contributed by atoms with Gasteiger partial charge >= 0.3 is 0 Å². The van der Waals surface area contributed by atoms with Gasteiger partial charge in [0.15, 0.2) is 5.96 Å². The molecule has 6 nitrogen and oxygen atoms in total. The predicted octanol–water partition coefficient (Wildman–Crippen LogP) is 1.18. The van der Waals surface area contributed by atoms with Gasteiger partial charge in [-0.3, -0.25) is 9.20 Å². The van der Waals surface area contributed by atoms with E-state index in [4.69, 9.17) is 4.74 Å². The Morgan fingerprint density at radius 3 is 2.88 bits per heavy atom. The van der Waals surface area contributed by atoms with Crippen LogP contribution in [0.2, 0.25) is 0 Å². The maximum absolute atomic E-state index is 12.0. The van der Waals surface area contributed by atoms with Crippen LogP contribution in [0.3, 0.4) is 0 Å². The molecule has 4 atom stereocenters. The number of nitrogens with one attached hydrogen (secondary N) is 2. The summed E-state index contributed by atoms with van der Waals surface area (Å²) in [5, 5.41) is 7.21. The number of likely N-dealkylation sites (N-methyl/N-ethyl adjacent to an activating group) is 1. The van der Waals surface area contributed by atoms with Gasteiger partial charge in [0.05, 0.1) is 12.7 Å². The number of nitrogens with zero attached hydrogens (tertiary/aromatic N) is 2. The lowest BCUT2D eigenvalue weighted by molar-refractivity contribution is -0.0161. The molecular weight excluding hydrogens is 439 g/mol. The molecule has 2 rings (SSSR count). The van der Waals surface area contributed by atoms with Crippen molar-refractivity contribution in [1.82, 2.24) is 15.5 Å². The second-order valence-electron chi connectivity index (χ2n) is 6.51. The molecule has 0 aromatic heterocycles. The van der Waals surface area contributed by atoms with E-state index in [1.807, 2.05) is 6.92 Å². The summed E-state index contributed by atoms with van der Waals surface area (Å²) in [6.07, 6.45) is 4.54. The van der Waals surface area contributed by atoms with Crippen molar-refractivity contribution >= 4 is 40.7 Å². The second kappa shape index (κ2) is 11.6. The predicted molar refractivity (Wildman–Crippen MR) is 112 cm³/mol. The van der Waals surface area contributed by atoms with E-state index in [0.717, 1.165) is 63.6 Å². The molecule has 0 spiro atoms. The highest BCUT2D eigenvalue weighted by Crippen LogP contribution is 2.22. The lowest BCUT2D eigenvalue weighted by atomic mass is 9.95. The van der Waals surface area contributed by atoms with Gasteiger partial charge in [-0.05, 0) is 26.3 Å². The van der Waals surface area contributed by atoms with Crippen LogP contribution in [0, 0.1) is 0 Å². The molecule has 24 heavy (non-hydrogen) atoms. The number of hydrogen-bond donors (Lipinski definition) is 2. The van der Waals surface area contributed by atoms with Crippen molar-refractivity contribution in [3.05, 3.63) is 0 Å². The van der Waals surface area contributed by atoms with E-state index in [1.54, 1.807) is 7.05 Å². The van der Waals surface area contributed by atoms with Crippen molar-refractivity contribution in [2.45, 2.75) is 50.0 Å². The SMILES string of the molecule is CCS(=O)C1CCCC(NC(=NC)NCC2CN(C)CCO2)C1.I. The lowest BCUT2D eigenvalue weighted by Gasteiger charge is -2.32. The first kappa shape index (κ1) is 22.1. The second-order valence-corrected chi connectivity index (χ2v) is 8.51. The summed E-state index contributed by atoms with van der Waals surface area (Å²) in [6, 6.07) is 0.366. The van der Waals surface area contributed by atoms with E-state index in [0.29, 0.717) is 11.3 Å². The molecule has 2 fully saturated rings. The Balaban J connectivity index is 0.00000288. The Morgan fingerprint density at radius 2 is 2.21 bits per heavy atom. The minimum Gasteiger partial charge on any atom is -0.374 e. The van der Waals surface area contributed by atoms with E-state index in [9.17, 15) is 4.21 Å². The number of ether oxygens (including phenoxy) is 1. The lowest BCUT2D eigenvalue weighted by Crippen LogP contribution is -2.51. The molecule has 8 heteroatoms. The molecule has 1 saturated heterocycles. The smallest absolute Gasteiger partial charge is 0.191 e. The van der Waals surface area contributed by atoms with Crippen LogP contribution in [0.1, 0.15) is 32.6 Å². The standard InChI is InChI=1S/C16H32N4O2S.HI/c1-4-23(21)15-7-5-6-13(10-15)19-16(17-2)18-11-14-12-20(3)8-9-22-14;/h13-15H,4-12H2,1-3H3,(H2,17,18,19);1H. The van der Waals surface area contributed by atoms with Crippen molar-refractivity contribution in [3.8, 4) is 0 Å². The Labute approximate surface area is 166 Å². The molecule has 1 saturated carbocycles. The molecule has 1 aliphatic carbocycles. The van der Waals surface area contributed by atoms with Gasteiger partial charge < -0.3 is 20.3 Å².